The van der Waals surface area contributed by atoms with E-state index < -0.39 is 10.0 Å². The van der Waals surface area contributed by atoms with Gasteiger partial charge >= 0.3 is 0 Å². The number of hydrogen-bond acceptors (Lipinski definition) is 4. The summed E-state index contributed by atoms with van der Waals surface area (Å²) in [7, 11) is -3.51. The van der Waals surface area contributed by atoms with Crippen molar-refractivity contribution in [2.45, 2.75) is 37.6 Å². The van der Waals surface area contributed by atoms with Crippen LogP contribution in [-0.4, -0.2) is 75.4 Å². The first-order valence-corrected chi connectivity index (χ1v) is 11.2. The molecule has 2 aliphatic heterocycles. The lowest BCUT2D eigenvalue weighted by Gasteiger charge is -2.35. The number of benzene rings is 1. The standard InChI is InChI=1S/C19H29N3O4S/c1-3-26-17-6-8-18(9-7-17)27(24,25)22-14-12-20(13-15-22)16(2)19(23)21-10-4-5-11-21/h6-9,16H,3-5,10-15H2,1-2H3/p+1/t16-/m1/s1. The summed E-state index contributed by atoms with van der Waals surface area (Å²) in [6, 6.07) is 6.46. The van der Waals surface area contributed by atoms with E-state index in [1.165, 1.54) is 9.21 Å². The molecule has 1 N–H and O–H groups in total. The zero-order valence-corrected chi connectivity index (χ0v) is 17.0. The number of nitrogens with zero attached hydrogens (tertiary/aromatic N) is 2. The van der Waals surface area contributed by atoms with Gasteiger partial charge in [-0.1, -0.05) is 0 Å². The molecule has 7 nitrogen and oxygen atoms in total. The number of carbonyl (C=O) groups is 1. The molecule has 0 aliphatic carbocycles. The molecule has 2 fully saturated rings. The Morgan fingerprint density at radius 3 is 2.26 bits per heavy atom. The zero-order chi connectivity index (χ0) is 19.4. The number of nitrogens with one attached hydrogen (secondary N) is 1. The van der Waals surface area contributed by atoms with Crippen molar-refractivity contribution in [3.63, 3.8) is 0 Å². The summed E-state index contributed by atoms with van der Waals surface area (Å²) in [5.74, 6) is 0.866. The molecule has 1 atom stereocenters. The number of carbonyl (C=O) groups excluding carboxylic acids is 1. The third kappa shape index (κ3) is 4.44. The molecule has 1 amide bonds. The number of piperazine rings is 1. The van der Waals surface area contributed by atoms with E-state index in [-0.39, 0.29) is 16.8 Å². The Balaban J connectivity index is 1.59. The fraction of sp³-hybridized carbons (Fsp3) is 0.632. The van der Waals surface area contributed by atoms with E-state index in [0.717, 1.165) is 25.9 Å². The van der Waals surface area contributed by atoms with Crippen LogP contribution in [0.15, 0.2) is 29.2 Å². The number of quaternary nitrogens is 1. The van der Waals surface area contributed by atoms with Gasteiger partial charge < -0.3 is 14.5 Å². The molecule has 1 aromatic carbocycles. The van der Waals surface area contributed by atoms with Gasteiger partial charge in [-0.25, -0.2) is 8.42 Å². The van der Waals surface area contributed by atoms with Gasteiger partial charge in [0, 0.05) is 13.1 Å². The second-order valence-corrected chi connectivity index (χ2v) is 9.16. The third-order valence-corrected chi connectivity index (χ3v) is 7.45. The summed E-state index contributed by atoms with van der Waals surface area (Å²) in [6.45, 7) is 8.28. The first-order chi connectivity index (χ1) is 12.9. The SMILES string of the molecule is CCOc1ccc(S(=O)(=O)N2CC[NH+]([C@H](C)C(=O)N3CCCC3)CC2)cc1. The van der Waals surface area contributed by atoms with Gasteiger partial charge in [0.05, 0.1) is 37.7 Å². The summed E-state index contributed by atoms with van der Waals surface area (Å²) in [6.07, 6.45) is 2.17. The molecule has 150 valence electrons. The van der Waals surface area contributed by atoms with Gasteiger partial charge in [0.2, 0.25) is 10.0 Å². The van der Waals surface area contributed by atoms with Crippen molar-refractivity contribution >= 4 is 15.9 Å². The van der Waals surface area contributed by atoms with E-state index >= 15 is 0 Å². The lowest BCUT2D eigenvalue weighted by molar-refractivity contribution is -0.918. The largest absolute Gasteiger partial charge is 0.494 e. The average Bonchev–Trinajstić information content (AvgIpc) is 3.22. The third-order valence-electron chi connectivity index (χ3n) is 5.54. The van der Waals surface area contributed by atoms with Crippen LogP contribution in [0.4, 0.5) is 0 Å². The van der Waals surface area contributed by atoms with Gasteiger partial charge in [-0.2, -0.15) is 4.31 Å². The monoisotopic (exact) mass is 396 g/mol. The zero-order valence-electron chi connectivity index (χ0n) is 16.2. The topological polar surface area (TPSA) is 71.4 Å². The Bertz CT molecular complexity index is 737. The maximum absolute atomic E-state index is 12.9. The highest BCUT2D eigenvalue weighted by molar-refractivity contribution is 7.89. The molecule has 2 saturated heterocycles. The molecule has 1 aromatic rings. The number of likely N-dealkylation sites (tertiary alicyclic amines) is 1. The van der Waals surface area contributed by atoms with Crippen molar-refractivity contribution in [3.8, 4) is 5.75 Å². The minimum absolute atomic E-state index is 0.113. The first kappa shape index (κ1) is 20.1. The van der Waals surface area contributed by atoms with Gasteiger partial charge in [0.1, 0.15) is 5.75 Å². The summed E-state index contributed by atoms with van der Waals surface area (Å²) in [5, 5.41) is 0. The van der Waals surface area contributed by atoms with E-state index in [4.69, 9.17) is 4.74 Å². The minimum atomic E-state index is -3.51. The molecule has 27 heavy (non-hydrogen) atoms. The van der Waals surface area contributed by atoms with Crippen LogP contribution in [0.5, 0.6) is 5.75 Å². The van der Waals surface area contributed by atoms with E-state index in [2.05, 4.69) is 0 Å². The normalized spacial score (nSPS) is 20.6. The second kappa shape index (κ2) is 8.58. The fourth-order valence-electron chi connectivity index (χ4n) is 3.86. The fourth-order valence-corrected chi connectivity index (χ4v) is 5.30. The molecule has 0 bridgehead atoms. The Hall–Kier alpha value is -1.64. The average molecular weight is 397 g/mol. The van der Waals surface area contributed by atoms with Crippen LogP contribution in [0.3, 0.4) is 0 Å². The molecule has 0 unspecified atom stereocenters. The Morgan fingerprint density at radius 1 is 1.11 bits per heavy atom. The molecule has 2 aliphatic rings. The Morgan fingerprint density at radius 2 is 1.70 bits per heavy atom. The molecule has 0 aromatic heterocycles. The Kier molecular flexibility index (Phi) is 6.39. The highest BCUT2D eigenvalue weighted by Crippen LogP contribution is 2.19. The quantitative estimate of drug-likeness (QED) is 0.734. The molecule has 0 saturated carbocycles. The first-order valence-electron chi connectivity index (χ1n) is 9.80. The number of sulfonamides is 1. The molecule has 3 rings (SSSR count). The van der Waals surface area contributed by atoms with Gasteiger partial charge in [0.25, 0.3) is 5.91 Å². The van der Waals surface area contributed by atoms with E-state index in [1.807, 2.05) is 18.7 Å². The summed E-state index contributed by atoms with van der Waals surface area (Å²) in [5.41, 5.74) is 0. The van der Waals surface area contributed by atoms with E-state index in [9.17, 15) is 13.2 Å². The molecular weight excluding hydrogens is 366 g/mol. The van der Waals surface area contributed by atoms with Crippen LogP contribution in [0.1, 0.15) is 26.7 Å². The van der Waals surface area contributed by atoms with Crippen LogP contribution in [0.2, 0.25) is 0 Å². The molecule has 8 heteroatoms. The summed E-state index contributed by atoms with van der Waals surface area (Å²) >= 11 is 0. The predicted molar refractivity (Wildman–Crippen MR) is 102 cm³/mol. The van der Waals surface area contributed by atoms with Crippen LogP contribution >= 0.6 is 0 Å². The van der Waals surface area contributed by atoms with Crippen molar-refractivity contribution < 1.29 is 22.8 Å². The summed E-state index contributed by atoms with van der Waals surface area (Å²) < 4.78 is 32.7. The van der Waals surface area contributed by atoms with Crippen molar-refractivity contribution in [1.29, 1.82) is 0 Å². The van der Waals surface area contributed by atoms with Crippen LogP contribution in [-0.2, 0) is 14.8 Å². The molecule has 2 heterocycles. The van der Waals surface area contributed by atoms with E-state index in [1.54, 1.807) is 24.3 Å². The smallest absolute Gasteiger partial charge is 0.280 e. The van der Waals surface area contributed by atoms with Crippen LogP contribution in [0, 0.1) is 0 Å². The Labute approximate surface area is 161 Å². The lowest BCUT2D eigenvalue weighted by atomic mass is 10.2. The number of rotatable bonds is 6. The van der Waals surface area contributed by atoms with Gasteiger partial charge in [-0.15, -0.1) is 0 Å². The van der Waals surface area contributed by atoms with Crippen molar-refractivity contribution in [1.82, 2.24) is 9.21 Å². The van der Waals surface area contributed by atoms with Crippen molar-refractivity contribution in [3.05, 3.63) is 24.3 Å². The van der Waals surface area contributed by atoms with Crippen molar-refractivity contribution in [2.75, 3.05) is 45.9 Å². The van der Waals surface area contributed by atoms with Crippen molar-refractivity contribution in [2.24, 2.45) is 0 Å². The maximum Gasteiger partial charge on any atom is 0.280 e. The second-order valence-electron chi connectivity index (χ2n) is 7.22. The maximum atomic E-state index is 12.9. The predicted octanol–water partition coefficient (Wildman–Crippen LogP) is -0.0146. The molecular formula is C19H30N3O4S+. The molecule has 0 spiro atoms. The highest BCUT2D eigenvalue weighted by atomic mass is 32.2. The van der Waals surface area contributed by atoms with Gasteiger partial charge in [0.15, 0.2) is 6.04 Å². The number of hydrogen-bond donors (Lipinski definition) is 1. The lowest BCUT2D eigenvalue weighted by Crippen LogP contribution is -3.19. The molecule has 0 radical (unpaired) electrons. The number of amides is 1. The van der Waals surface area contributed by atoms with E-state index in [0.29, 0.717) is 38.5 Å². The van der Waals surface area contributed by atoms with Gasteiger partial charge in [-0.3, -0.25) is 4.79 Å². The highest BCUT2D eigenvalue weighted by Gasteiger charge is 2.36. The van der Waals surface area contributed by atoms with Crippen LogP contribution < -0.4 is 9.64 Å². The van der Waals surface area contributed by atoms with Crippen LogP contribution in [0.25, 0.3) is 0 Å². The minimum Gasteiger partial charge on any atom is -0.494 e. The number of ether oxygens (including phenoxy) is 1. The summed E-state index contributed by atoms with van der Waals surface area (Å²) in [4.78, 5) is 16.0. The van der Waals surface area contributed by atoms with Gasteiger partial charge in [-0.05, 0) is 51.0 Å².